The minimum absolute atomic E-state index is 0.0699. The van der Waals surface area contributed by atoms with Gasteiger partial charge in [0.2, 0.25) is 0 Å². The molecule has 0 amide bonds. The third-order valence-corrected chi connectivity index (χ3v) is 6.95. The van der Waals surface area contributed by atoms with E-state index in [2.05, 4.69) is 53.1 Å². The highest BCUT2D eigenvalue weighted by Crippen LogP contribution is 2.46. The second-order valence-corrected chi connectivity index (χ2v) is 8.87. The van der Waals surface area contributed by atoms with E-state index in [0.717, 1.165) is 51.4 Å². The predicted molar refractivity (Wildman–Crippen MR) is 140 cm³/mol. The van der Waals surface area contributed by atoms with E-state index in [0.29, 0.717) is 11.1 Å². The Morgan fingerprint density at radius 3 is 2.49 bits per heavy atom. The fourth-order valence-electron chi connectivity index (χ4n) is 5.51. The van der Waals surface area contributed by atoms with Gasteiger partial charge in [-0.2, -0.15) is 0 Å². The van der Waals surface area contributed by atoms with E-state index in [9.17, 15) is 10.1 Å². The van der Waals surface area contributed by atoms with Crippen LogP contribution in [0.1, 0.15) is 17.7 Å². The lowest BCUT2D eigenvalue weighted by Gasteiger charge is -2.13. The summed E-state index contributed by atoms with van der Waals surface area (Å²) < 4.78 is 8.80. The topological polar surface area (TPSA) is 61.2 Å². The van der Waals surface area contributed by atoms with Gasteiger partial charge in [0, 0.05) is 39.3 Å². The van der Waals surface area contributed by atoms with Crippen molar-refractivity contribution in [1.29, 1.82) is 0 Å². The summed E-state index contributed by atoms with van der Waals surface area (Å²) in [6, 6.07) is 27.4. The van der Waals surface area contributed by atoms with Crippen LogP contribution >= 0.6 is 0 Å². The van der Waals surface area contributed by atoms with E-state index in [1.54, 1.807) is 12.1 Å². The molecule has 6 aromatic rings. The molecule has 2 heterocycles. The largest absolute Gasteiger partial charge is 0.455 e. The SMILES string of the molecule is O=[N+]([O-])c1ccccc1-c1cc2c3c(n(-c4ccccc4)c2c2c1oc1ccccc12)CCC=C3. The van der Waals surface area contributed by atoms with Gasteiger partial charge in [-0.3, -0.25) is 10.1 Å². The van der Waals surface area contributed by atoms with Gasteiger partial charge in [0.25, 0.3) is 5.69 Å². The van der Waals surface area contributed by atoms with Crippen LogP contribution in [-0.2, 0) is 6.42 Å². The number of para-hydroxylation sites is 3. The summed E-state index contributed by atoms with van der Waals surface area (Å²) in [4.78, 5) is 11.6. The van der Waals surface area contributed by atoms with E-state index < -0.39 is 0 Å². The number of aromatic nitrogens is 1. The van der Waals surface area contributed by atoms with Crippen molar-refractivity contribution >= 4 is 44.6 Å². The predicted octanol–water partition coefficient (Wildman–Crippen LogP) is 8.06. The molecule has 0 bridgehead atoms. The smallest absolute Gasteiger partial charge is 0.277 e. The lowest BCUT2D eigenvalue weighted by molar-refractivity contribution is -0.384. The Balaban J connectivity index is 1.74. The maximum atomic E-state index is 11.9. The number of hydrogen-bond donors (Lipinski definition) is 0. The minimum atomic E-state index is -0.321. The summed E-state index contributed by atoms with van der Waals surface area (Å²) in [7, 11) is 0. The molecular weight excluding hydrogens is 436 g/mol. The molecule has 0 unspecified atom stereocenters. The number of nitro benzene ring substituents is 1. The number of hydrogen-bond acceptors (Lipinski definition) is 3. The lowest BCUT2D eigenvalue weighted by atomic mass is 9.95. The number of furan rings is 1. The first-order valence-electron chi connectivity index (χ1n) is 11.7. The Morgan fingerprint density at radius 1 is 0.857 bits per heavy atom. The second kappa shape index (κ2) is 7.43. The first-order valence-corrected chi connectivity index (χ1v) is 11.7. The van der Waals surface area contributed by atoms with Gasteiger partial charge in [-0.15, -0.1) is 0 Å². The third kappa shape index (κ3) is 2.81. The van der Waals surface area contributed by atoms with Crippen LogP contribution in [0.3, 0.4) is 0 Å². The Morgan fingerprint density at radius 2 is 1.63 bits per heavy atom. The molecule has 1 aliphatic carbocycles. The molecule has 0 fully saturated rings. The Bertz CT molecular complexity index is 1820. The summed E-state index contributed by atoms with van der Waals surface area (Å²) in [6.45, 7) is 0. The zero-order chi connectivity index (χ0) is 23.5. The summed E-state index contributed by atoms with van der Waals surface area (Å²) in [5.74, 6) is 0. The average molecular weight is 457 g/mol. The highest BCUT2D eigenvalue weighted by Gasteiger charge is 2.27. The lowest BCUT2D eigenvalue weighted by Crippen LogP contribution is -2.02. The van der Waals surface area contributed by atoms with Crippen LogP contribution in [-0.4, -0.2) is 9.49 Å². The minimum Gasteiger partial charge on any atom is -0.455 e. The Labute approximate surface area is 200 Å². The first-order chi connectivity index (χ1) is 17.2. The maximum Gasteiger partial charge on any atom is 0.277 e. The van der Waals surface area contributed by atoms with Crippen LogP contribution in [0.2, 0.25) is 0 Å². The first kappa shape index (κ1) is 19.8. The van der Waals surface area contributed by atoms with Gasteiger partial charge in [0.15, 0.2) is 0 Å². The number of nitro groups is 1. The van der Waals surface area contributed by atoms with Crippen LogP contribution < -0.4 is 0 Å². The highest BCUT2D eigenvalue weighted by molar-refractivity contribution is 6.23. The van der Waals surface area contributed by atoms with Gasteiger partial charge in [-0.25, -0.2) is 0 Å². The summed E-state index contributed by atoms with van der Waals surface area (Å²) in [5.41, 5.74) is 7.40. The molecule has 0 atom stereocenters. The molecule has 0 radical (unpaired) electrons. The molecule has 0 aliphatic heterocycles. The molecule has 0 spiro atoms. The Kier molecular flexibility index (Phi) is 4.20. The van der Waals surface area contributed by atoms with E-state index in [-0.39, 0.29) is 10.6 Å². The van der Waals surface area contributed by atoms with E-state index in [1.807, 2.05) is 36.4 Å². The molecule has 35 heavy (non-hydrogen) atoms. The van der Waals surface area contributed by atoms with Gasteiger partial charge >= 0.3 is 0 Å². The maximum absolute atomic E-state index is 11.9. The number of nitrogens with zero attached hydrogens (tertiary/aromatic N) is 2. The van der Waals surface area contributed by atoms with Crippen molar-refractivity contribution in [3.05, 3.63) is 112 Å². The molecule has 5 nitrogen and oxygen atoms in total. The zero-order valence-corrected chi connectivity index (χ0v) is 18.8. The summed E-state index contributed by atoms with van der Waals surface area (Å²) in [5, 5.41) is 15.0. The molecule has 5 heteroatoms. The summed E-state index contributed by atoms with van der Waals surface area (Å²) in [6.07, 6.45) is 6.30. The molecule has 0 saturated carbocycles. The molecule has 0 N–H and O–H groups in total. The molecule has 4 aromatic carbocycles. The normalized spacial score (nSPS) is 13.0. The van der Waals surface area contributed by atoms with E-state index in [4.69, 9.17) is 4.42 Å². The average Bonchev–Trinajstić information content (AvgIpc) is 3.44. The summed E-state index contributed by atoms with van der Waals surface area (Å²) >= 11 is 0. The van der Waals surface area contributed by atoms with Crippen LogP contribution in [0, 0.1) is 10.1 Å². The van der Waals surface area contributed by atoms with Crippen molar-refractivity contribution in [1.82, 2.24) is 4.57 Å². The highest BCUT2D eigenvalue weighted by atomic mass is 16.6. The van der Waals surface area contributed by atoms with Gasteiger partial charge in [-0.05, 0) is 43.2 Å². The van der Waals surface area contributed by atoms with Crippen molar-refractivity contribution in [3.8, 4) is 16.8 Å². The molecule has 168 valence electrons. The molecule has 2 aromatic heterocycles. The fraction of sp³-hybridized carbons (Fsp3) is 0.0667. The van der Waals surface area contributed by atoms with Gasteiger partial charge in [0.05, 0.1) is 21.4 Å². The standard InChI is InChI=1S/C30H20N2O3/c33-32(34)26-16-8-5-13-21(26)24-18-23-20-12-4-7-15-25(20)31(19-10-2-1-3-11-19)29(23)28-22-14-6-9-17-27(22)35-30(24)28/h1-6,8-14,16-18H,7,15H2. The molecule has 0 saturated heterocycles. The molecule has 1 aliphatic rings. The van der Waals surface area contributed by atoms with Crippen LogP contribution in [0.25, 0.3) is 55.7 Å². The van der Waals surface area contributed by atoms with Crippen molar-refractivity contribution in [3.63, 3.8) is 0 Å². The van der Waals surface area contributed by atoms with Crippen molar-refractivity contribution in [2.45, 2.75) is 12.8 Å². The molecular formula is C30H20N2O3. The number of fused-ring (bicyclic) bond motifs is 7. The quantitative estimate of drug-likeness (QED) is 0.200. The van der Waals surface area contributed by atoms with E-state index >= 15 is 0 Å². The van der Waals surface area contributed by atoms with Crippen molar-refractivity contribution in [2.24, 2.45) is 0 Å². The third-order valence-electron chi connectivity index (χ3n) is 6.95. The van der Waals surface area contributed by atoms with Crippen molar-refractivity contribution < 1.29 is 9.34 Å². The van der Waals surface area contributed by atoms with Crippen LogP contribution in [0.15, 0.2) is 95.4 Å². The number of allylic oxidation sites excluding steroid dienone is 1. The van der Waals surface area contributed by atoms with Crippen LogP contribution in [0.4, 0.5) is 5.69 Å². The number of rotatable bonds is 3. The van der Waals surface area contributed by atoms with Gasteiger partial charge in [-0.1, -0.05) is 60.7 Å². The van der Waals surface area contributed by atoms with Gasteiger partial charge in [0.1, 0.15) is 11.2 Å². The Hall–Kier alpha value is -4.64. The van der Waals surface area contributed by atoms with Crippen LogP contribution in [0.5, 0.6) is 0 Å². The van der Waals surface area contributed by atoms with Crippen molar-refractivity contribution in [2.75, 3.05) is 0 Å². The number of benzene rings is 4. The van der Waals surface area contributed by atoms with E-state index in [1.165, 1.54) is 11.3 Å². The monoisotopic (exact) mass is 456 g/mol. The molecule has 7 rings (SSSR count). The van der Waals surface area contributed by atoms with Gasteiger partial charge < -0.3 is 8.98 Å². The fourth-order valence-corrected chi connectivity index (χ4v) is 5.51. The zero-order valence-electron chi connectivity index (χ0n) is 18.8. The second-order valence-electron chi connectivity index (χ2n) is 8.87.